The Kier molecular flexibility index (Phi) is 4.38. The molecule has 4 heterocycles. The average molecular weight is 343 g/mol. The fraction of sp³-hybridized carbons (Fsp3) is 0.444. The van der Waals surface area contributed by atoms with Gasteiger partial charge in [-0.1, -0.05) is 6.07 Å². The number of piperidine rings is 1. The van der Waals surface area contributed by atoms with E-state index in [9.17, 15) is 4.79 Å². The van der Waals surface area contributed by atoms with Crippen LogP contribution in [-0.2, 0) is 6.54 Å². The van der Waals surface area contributed by atoms with Crippen LogP contribution in [0.2, 0.25) is 0 Å². The quantitative estimate of drug-likeness (QED) is 0.925. The maximum absolute atomic E-state index is 12.6. The minimum atomic E-state index is 0.0655. The first-order chi connectivity index (χ1) is 11.8. The van der Waals surface area contributed by atoms with E-state index in [1.165, 1.54) is 4.88 Å². The Balaban J connectivity index is 1.35. The van der Waals surface area contributed by atoms with Crippen LogP contribution >= 0.6 is 11.3 Å². The zero-order chi connectivity index (χ0) is 16.4. The van der Waals surface area contributed by atoms with Crippen LogP contribution in [0.15, 0.2) is 42.0 Å². The van der Waals surface area contributed by atoms with E-state index in [2.05, 4.69) is 15.2 Å². The molecule has 2 bridgehead atoms. The van der Waals surface area contributed by atoms with Gasteiger partial charge in [0, 0.05) is 36.0 Å². The van der Waals surface area contributed by atoms with E-state index in [4.69, 9.17) is 4.74 Å². The van der Waals surface area contributed by atoms with E-state index < -0.39 is 0 Å². The van der Waals surface area contributed by atoms with E-state index in [0.29, 0.717) is 6.54 Å². The van der Waals surface area contributed by atoms with Gasteiger partial charge >= 0.3 is 6.03 Å². The Hall–Kier alpha value is -2.08. The van der Waals surface area contributed by atoms with E-state index in [1.54, 1.807) is 23.7 Å². The van der Waals surface area contributed by atoms with Gasteiger partial charge in [0.15, 0.2) is 0 Å². The molecule has 5 nitrogen and oxygen atoms in total. The first-order valence-electron chi connectivity index (χ1n) is 8.45. The number of nitrogens with one attached hydrogen (secondary N) is 1. The molecule has 4 rings (SSSR count). The van der Waals surface area contributed by atoms with E-state index in [-0.39, 0.29) is 24.2 Å². The minimum absolute atomic E-state index is 0.0655. The highest BCUT2D eigenvalue weighted by atomic mass is 32.1. The number of nitrogens with zero attached hydrogens (tertiary/aromatic N) is 2. The molecule has 2 aliphatic heterocycles. The van der Waals surface area contributed by atoms with Crippen molar-refractivity contribution < 1.29 is 9.53 Å². The lowest BCUT2D eigenvalue weighted by molar-refractivity contribution is 0.0684. The van der Waals surface area contributed by atoms with Crippen molar-refractivity contribution in [1.82, 2.24) is 15.2 Å². The number of carbonyl (C=O) groups is 1. The lowest BCUT2D eigenvalue weighted by Gasteiger charge is -2.38. The normalized spacial score (nSPS) is 25.5. The van der Waals surface area contributed by atoms with Crippen LogP contribution in [0.4, 0.5) is 4.79 Å². The number of carbonyl (C=O) groups excluding carboxylic acids is 1. The second kappa shape index (κ2) is 6.81. The molecule has 0 saturated carbocycles. The molecule has 0 aliphatic carbocycles. The summed E-state index contributed by atoms with van der Waals surface area (Å²) < 4.78 is 6.06. The van der Waals surface area contributed by atoms with Gasteiger partial charge in [-0.15, -0.1) is 11.3 Å². The zero-order valence-corrected chi connectivity index (χ0v) is 14.2. The Morgan fingerprint density at radius 2 is 2.12 bits per heavy atom. The fourth-order valence-electron chi connectivity index (χ4n) is 3.83. The molecular formula is C18H21N3O2S. The van der Waals surface area contributed by atoms with E-state index >= 15 is 0 Å². The van der Waals surface area contributed by atoms with Crippen LogP contribution in [0.25, 0.3) is 0 Å². The molecule has 2 amide bonds. The highest BCUT2D eigenvalue weighted by Gasteiger charge is 2.44. The van der Waals surface area contributed by atoms with Crippen molar-refractivity contribution in [2.24, 2.45) is 0 Å². The van der Waals surface area contributed by atoms with Gasteiger partial charge in [-0.25, -0.2) is 4.79 Å². The molecule has 2 aromatic heterocycles. The van der Waals surface area contributed by atoms with Crippen molar-refractivity contribution in [2.45, 2.75) is 50.4 Å². The van der Waals surface area contributed by atoms with Crippen molar-refractivity contribution >= 4 is 17.4 Å². The summed E-state index contributed by atoms with van der Waals surface area (Å²) in [4.78, 5) is 19.9. The molecule has 2 aliphatic rings. The molecule has 2 atom stereocenters. The summed E-state index contributed by atoms with van der Waals surface area (Å²) in [6, 6.07) is 8.52. The molecule has 0 radical (unpaired) electrons. The lowest BCUT2D eigenvalue weighted by atomic mass is 10.00. The Morgan fingerprint density at radius 3 is 2.79 bits per heavy atom. The third-order valence-corrected chi connectivity index (χ3v) is 5.73. The van der Waals surface area contributed by atoms with Crippen LogP contribution in [0.3, 0.4) is 0 Å². The molecular weight excluding hydrogens is 322 g/mol. The molecule has 1 N–H and O–H groups in total. The zero-order valence-electron chi connectivity index (χ0n) is 13.4. The van der Waals surface area contributed by atoms with Crippen LogP contribution in [-0.4, -0.2) is 34.1 Å². The molecule has 24 heavy (non-hydrogen) atoms. The topological polar surface area (TPSA) is 54.5 Å². The van der Waals surface area contributed by atoms with Crippen molar-refractivity contribution in [1.29, 1.82) is 0 Å². The largest absolute Gasteiger partial charge is 0.489 e. The molecule has 2 unspecified atom stereocenters. The third kappa shape index (κ3) is 3.24. The van der Waals surface area contributed by atoms with Crippen LogP contribution in [0.1, 0.15) is 30.6 Å². The van der Waals surface area contributed by atoms with Gasteiger partial charge in [0.25, 0.3) is 0 Å². The number of hydrogen-bond donors (Lipinski definition) is 1. The van der Waals surface area contributed by atoms with Crippen molar-refractivity contribution in [3.8, 4) is 5.75 Å². The number of hydrogen-bond acceptors (Lipinski definition) is 4. The summed E-state index contributed by atoms with van der Waals surface area (Å²) >= 11 is 1.67. The number of thiophene rings is 1. The van der Waals surface area contributed by atoms with Crippen LogP contribution in [0, 0.1) is 0 Å². The standard InChI is InChI=1S/C18H21N3O2S/c22-18(20-12-17-4-2-8-24-17)21-13-5-6-14(21)10-16(9-13)23-15-3-1-7-19-11-15/h1-4,7-8,11,13-14,16H,5-6,9-10,12H2,(H,20,22). The summed E-state index contributed by atoms with van der Waals surface area (Å²) in [5, 5.41) is 5.10. The Morgan fingerprint density at radius 1 is 1.29 bits per heavy atom. The first-order valence-corrected chi connectivity index (χ1v) is 9.33. The number of urea groups is 1. The predicted molar refractivity (Wildman–Crippen MR) is 93.1 cm³/mol. The van der Waals surface area contributed by atoms with Gasteiger partial charge in [-0.2, -0.15) is 0 Å². The average Bonchev–Trinajstić information content (AvgIpc) is 3.20. The van der Waals surface area contributed by atoms with Crippen LogP contribution < -0.4 is 10.1 Å². The van der Waals surface area contributed by atoms with Crippen molar-refractivity contribution in [2.75, 3.05) is 0 Å². The van der Waals surface area contributed by atoms with Gasteiger partial charge in [-0.3, -0.25) is 4.98 Å². The Labute approximate surface area is 145 Å². The molecule has 0 aromatic carbocycles. The van der Waals surface area contributed by atoms with Gasteiger partial charge < -0.3 is 15.0 Å². The number of aromatic nitrogens is 1. The molecule has 126 valence electrons. The highest BCUT2D eigenvalue weighted by molar-refractivity contribution is 7.09. The molecule has 2 aromatic rings. The molecule has 6 heteroatoms. The second-order valence-electron chi connectivity index (χ2n) is 6.43. The predicted octanol–water partition coefficient (Wildman–Crippen LogP) is 3.43. The summed E-state index contributed by atoms with van der Waals surface area (Å²) in [6.07, 6.45) is 7.62. The monoisotopic (exact) mass is 343 g/mol. The number of amides is 2. The molecule has 2 saturated heterocycles. The smallest absolute Gasteiger partial charge is 0.318 e. The van der Waals surface area contributed by atoms with Gasteiger partial charge in [0.2, 0.25) is 0 Å². The number of rotatable bonds is 4. The summed E-state index contributed by atoms with van der Waals surface area (Å²) in [5.41, 5.74) is 0. The SMILES string of the molecule is O=C(NCc1cccs1)N1C2CCC1CC(Oc1cccnc1)C2. The van der Waals surface area contributed by atoms with Gasteiger partial charge in [0.1, 0.15) is 11.9 Å². The number of pyridine rings is 1. The number of fused-ring (bicyclic) bond motifs is 2. The van der Waals surface area contributed by atoms with Gasteiger partial charge in [0.05, 0.1) is 12.7 Å². The van der Waals surface area contributed by atoms with Crippen molar-refractivity contribution in [3.63, 3.8) is 0 Å². The lowest BCUT2D eigenvalue weighted by Crippen LogP contribution is -2.52. The maximum Gasteiger partial charge on any atom is 0.318 e. The third-order valence-electron chi connectivity index (χ3n) is 4.86. The second-order valence-corrected chi connectivity index (χ2v) is 7.46. The summed E-state index contributed by atoms with van der Waals surface area (Å²) in [7, 11) is 0. The minimum Gasteiger partial charge on any atom is -0.489 e. The van der Waals surface area contributed by atoms with Crippen LogP contribution in [0.5, 0.6) is 5.75 Å². The van der Waals surface area contributed by atoms with E-state index in [1.807, 2.05) is 29.6 Å². The maximum atomic E-state index is 12.6. The molecule has 2 fully saturated rings. The Bertz CT molecular complexity index is 663. The molecule has 0 spiro atoms. The van der Waals surface area contributed by atoms with E-state index in [0.717, 1.165) is 31.4 Å². The first kappa shape index (κ1) is 15.4. The highest BCUT2D eigenvalue weighted by Crippen LogP contribution is 2.37. The number of ether oxygens (including phenoxy) is 1. The fourth-order valence-corrected chi connectivity index (χ4v) is 4.48. The van der Waals surface area contributed by atoms with Crippen molar-refractivity contribution in [3.05, 3.63) is 46.9 Å². The summed E-state index contributed by atoms with van der Waals surface area (Å²) in [5.74, 6) is 0.817. The summed E-state index contributed by atoms with van der Waals surface area (Å²) in [6.45, 7) is 0.613. The van der Waals surface area contributed by atoms with Gasteiger partial charge in [-0.05, 0) is 36.4 Å².